The van der Waals surface area contributed by atoms with Crippen LogP contribution in [0.5, 0.6) is 11.5 Å². The van der Waals surface area contributed by atoms with Gasteiger partial charge in [0.15, 0.2) is 11.5 Å². The van der Waals surface area contributed by atoms with Crippen molar-refractivity contribution in [1.82, 2.24) is 0 Å². The number of amides is 1. The Hall–Kier alpha value is -2.73. The second-order valence-electron chi connectivity index (χ2n) is 5.88. The third-order valence-electron chi connectivity index (χ3n) is 3.90. The van der Waals surface area contributed by atoms with Crippen molar-refractivity contribution in [3.63, 3.8) is 0 Å². The topological polar surface area (TPSA) is 73.9 Å². The van der Waals surface area contributed by atoms with Gasteiger partial charge in [-0.1, -0.05) is 17.7 Å². The number of rotatable bonds is 9. The minimum absolute atomic E-state index is 0.176. The zero-order valence-electron chi connectivity index (χ0n) is 16.2. The maximum absolute atomic E-state index is 12.3. The molecule has 0 atom stereocenters. The fourth-order valence-electron chi connectivity index (χ4n) is 2.60. The number of esters is 1. The molecule has 0 bridgehead atoms. The van der Waals surface area contributed by atoms with Gasteiger partial charge in [-0.3, -0.25) is 4.79 Å². The van der Waals surface area contributed by atoms with Crippen molar-refractivity contribution in [3.05, 3.63) is 52.5 Å². The lowest BCUT2D eigenvalue weighted by molar-refractivity contribution is -0.116. The highest BCUT2D eigenvalue weighted by atomic mass is 35.5. The zero-order valence-corrected chi connectivity index (χ0v) is 17.0. The fraction of sp³-hybridized carbons (Fsp3) is 0.333. The highest BCUT2D eigenvalue weighted by Crippen LogP contribution is 2.29. The summed E-state index contributed by atoms with van der Waals surface area (Å²) in [7, 11) is 1.28. The predicted molar refractivity (Wildman–Crippen MR) is 109 cm³/mol. The monoisotopic (exact) mass is 405 g/mol. The lowest BCUT2D eigenvalue weighted by Crippen LogP contribution is -2.13. The van der Waals surface area contributed by atoms with E-state index in [0.717, 1.165) is 5.56 Å². The van der Waals surface area contributed by atoms with Crippen LogP contribution in [0.3, 0.4) is 0 Å². The van der Waals surface area contributed by atoms with Crippen molar-refractivity contribution < 1.29 is 23.8 Å². The van der Waals surface area contributed by atoms with Crippen LogP contribution < -0.4 is 14.8 Å². The summed E-state index contributed by atoms with van der Waals surface area (Å²) in [6, 6.07) is 10.3. The number of hydrogen-bond donors (Lipinski definition) is 1. The number of hydrogen-bond acceptors (Lipinski definition) is 5. The molecule has 2 aromatic carbocycles. The first kappa shape index (κ1) is 21.6. The first-order valence-electron chi connectivity index (χ1n) is 9.04. The molecule has 0 spiro atoms. The summed E-state index contributed by atoms with van der Waals surface area (Å²) < 4.78 is 15.8. The number of halogens is 1. The molecule has 7 heteroatoms. The first-order chi connectivity index (χ1) is 13.5. The van der Waals surface area contributed by atoms with Gasteiger partial charge in [0, 0.05) is 12.1 Å². The lowest BCUT2D eigenvalue weighted by atomic mass is 10.1. The molecule has 0 aromatic heterocycles. The minimum atomic E-state index is -0.557. The van der Waals surface area contributed by atoms with Crippen molar-refractivity contribution in [1.29, 1.82) is 0 Å². The van der Waals surface area contributed by atoms with Crippen LogP contribution in [0, 0.1) is 0 Å². The van der Waals surface area contributed by atoms with E-state index >= 15 is 0 Å². The van der Waals surface area contributed by atoms with E-state index in [0.29, 0.717) is 36.8 Å². The van der Waals surface area contributed by atoms with Crippen LogP contribution in [0.4, 0.5) is 5.69 Å². The van der Waals surface area contributed by atoms with Crippen LogP contribution in [-0.2, 0) is 16.0 Å². The normalized spacial score (nSPS) is 10.3. The van der Waals surface area contributed by atoms with E-state index in [1.807, 2.05) is 32.0 Å². The number of carbonyl (C=O) groups excluding carboxylic acids is 2. The van der Waals surface area contributed by atoms with E-state index in [1.54, 1.807) is 12.1 Å². The maximum Gasteiger partial charge on any atom is 0.339 e. The van der Waals surface area contributed by atoms with Crippen LogP contribution in [0.1, 0.15) is 36.2 Å². The number of anilines is 1. The summed E-state index contributed by atoms with van der Waals surface area (Å²) in [6.07, 6.45) is 0.811. The zero-order chi connectivity index (χ0) is 20.5. The number of aryl methyl sites for hydroxylation is 1. The number of methoxy groups -OCH3 is 1. The number of benzene rings is 2. The summed E-state index contributed by atoms with van der Waals surface area (Å²) in [5.41, 5.74) is 1.65. The average molecular weight is 406 g/mol. The van der Waals surface area contributed by atoms with Gasteiger partial charge in [-0.15, -0.1) is 0 Å². The summed E-state index contributed by atoms with van der Waals surface area (Å²) in [5, 5.41) is 3.04. The average Bonchev–Trinajstić information content (AvgIpc) is 2.69. The minimum Gasteiger partial charge on any atom is -0.490 e. The molecular formula is C21H24ClNO5. The van der Waals surface area contributed by atoms with Crippen LogP contribution >= 0.6 is 11.6 Å². The van der Waals surface area contributed by atoms with Gasteiger partial charge in [0.05, 0.1) is 30.9 Å². The molecule has 28 heavy (non-hydrogen) atoms. The van der Waals surface area contributed by atoms with Gasteiger partial charge in [-0.25, -0.2) is 4.79 Å². The molecule has 0 aliphatic heterocycles. The Labute approximate surface area is 169 Å². The van der Waals surface area contributed by atoms with E-state index in [4.69, 9.17) is 21.1 Å². The van der Waals surface area contributed by atoms with Crippen LogP contribution in [0.25, 0.3) is 0 Å². The Morgan fingerprint density at radius 3 is 2.39 bits per heavy atom. The van der Waals surface area contributed by atoms with Gasteiger partial charge in [0.2, 0.25) is 5.91 Å². The van der Waals surface area contributed by atoms with E-state index in [1.165, 1.54) is 13.2 Å². The Bertz CT molecular complexity index is 838. The van der Waals surface area contributed by atoms with Gasteiger partial charge in [-0.2, -0.15) is 0 Å². The smallest absolute Gasteiger partial charge is 0.339 e. The summed E-state index contributed by atoms with van der Waals surface area (Å²) in [4.78, 5) is 24.0. The van der Waals surface area contributed by atoms with Crippen LogP contribution in [-0.4, -0.2) is 32.2 Å². The molecule has 0 saturated heterocycles. The van der Waals surface area contributed by atoms with Crippen LogP contribution in [0.15, 0.2) is 36.4 Å². The van der Waals surface area contributed by atoms with Crippen molar-refractivity contribution in [2.75, 3.05) is 25.6 Å². The van der Waals surface area contributed by atoms with Crippen LogP contribution in [0.2, 0.25) is 5.02 Å². The Balaban J connectivity index is 2.01. The second-order valence-corrected chi connectivity index (χ2v) is 6.29. The Morgan fingerprint density at radius 2 is 1.71 bits per heavy atom. The quantitative estimate of drug-likeness (QED) is 0.622. The fourth-order valence-corrected chi connectivity index (χ4v) is 2.80. The predicted octanol–water partition coefficient (Wildman–Crippen LogP) is 4.50. The van der Waals surface area contributed by atoms with Crippen molar-refractivity contribution in [2.24, 2.45) is 0 Å². The molecule has 0 aliphatic carbocycles. The number of ether oxygens (including phenoxy) is 3. The molecule has 0 unspecified atom stereocenters. The molecule has 0 aliphatic rings. The molecule has 2 aromatic rings. The second kappa shape index (κ2) is 10.6. The van der Waals surface area contributed by atoms with Gasteiger partial charge in [0.25, 0.3) is 0 Å². The molecule has 0 radical (unpaired) electrons. The van der Waals surface area contributed by atoms with Crippen molar-refractivity contribution in [2.45, 2.75) is 26.7 Å². The Morgan fingerprint density at radius 1 is 1.00 bits per heavy atom. The largest absolute Gasteiger partial charge is 0.490 e. The summed E-state index contributed by atoms with van der Waals surface area (Å²) in [5.74, 6) is 0.626. The number of carbonyl (C=O) groups is 2. The molecule has 0 saturated carbocycles. The van der Waals surface area contributed by atoms with Crippen molar-refractivity contribution in [3.8, 4) is 11.5 Å². The highest BCUT2D eigenvalue weighted by molar-refractivity contribution is 6.33. The van der Waals surface area contributed by atoms with E-state index < -0.39 is 5.97 Å². The van der Waals surface area contributed by atoms with Gasteiger partial charge in [0.1, 0.15) is 0 Å². The van der Waals surface area contributed by atoms with E-state index in [-0.39, 0.29) is 22.9 Å². The van der Waals surface area contributed by atoms with E-state index in [2.05, 4.69) is 10.1 Å². The lowest BCUT2D eigenvalue weighted by Gasteiger charge is -2.12. The summed E-state index contributed by atoms with van der Waals surface area (Å²) >= 11 is 5.99. The third-order valence-corrected chi connectivity index (χ3v) is 4.23. The molecule has 1 amide bonds. The highest BCUT2D eigenvalue weighted by Gasteiger charge is 2.13. The first-order valence-corrected chi connectivity index (χ1v) is 9.42. The molecule has 150 valence electrons. The molecule has 0 fully saturated rings. The van der Waals surface area contributed by atoms with Gasteiger partial charge >= 0.3 is 5.97 Å². The van der Waals surface area contributed by atoms with E-state index in [9.17, 15) is 9.59 Å². The van der Waals surface area contributed by atoms with Gasteiger partial charge in [-0.05, 0) is 56.2 Å². The van der Waals surface area contributed by atoms with Gasteiger partial charge < -0.3 is 19.5 Å². The molecule has 0 heterocycles. The molecular weight excluding hydrogens is 382 g/mol. The SMILES string of the molecule is CCOc1ccc(CCC(=O)Nc2ccc(Cl)c(C(=O)OC)c2)cc1OCC. The Kier molecular flexibility index (Phi) is 8.14. The molecule has 6 nitrogen and oxygen atoms in total. The summed E-state index contributed by atoms with van der Waals surface area (Å²) in [6.45, 7) is 4.90. The standard InChI is InChI=1S/C21H24ClNO5/c1-4-27-18-10-6-14(12-19(18)28-5-2)7-11-20(24)23-15-8-9-17(22)16(13-15)21(25)26-3/h6,8-10,12-13H,4-5,7,11H2,1-3H3,(H,23,24). The molecule has 1 N–H and O–H groups in total. The third kappa shape index (κ3) is 5.89. The maximum atomic E-state index is 12.3. The van der Waals surface area contributed by atoms with Crippen molar-refractivity contribution >= 4 is 29.2 Å². The molecule has 2 rings (SSSR count). The number of nitrogens with one attached hydrogen (secondary N) is 1.